The van der Waals surface area contributed by atoms with Gasteiger partial charge < -0.3 is 14.8 Å². The summed E-state index contributed by atoms with van der Waals surface area (Å²) in [5, 5.41) is 3.15. The number of rotatable bonds is 7. The molecule has 0 amide bonds. The molecule has 1 aliphatic carbocycles. The molecule has 1 atom stereocenters. The van der Waals surface area contributed by atoms with Crippen LogP contribution in [0.2, 0.25) is 0 Å². The highest BCUT2D eigenvalue weighted by molar-refractivity contribution is 5.74. The standard InChI is InChI=1S/C12H23NO3/c1-4-11(12(14)15-5-2)16-10-6-9(7-10)8-13-3/h9-11,13H,4-8H2,1-3H3. The van der Waals surface area contributed by atoms with Crippen LogP contribution < -0.4 is 5.32 Å². The van der Waals surface area contributed by atoms with Crippen LogP contribution in [0.4, 0.5) is 0 Å². The Labute approximate surface area is 97.7 Å². The Morgan fingerprint density at radius 1 is 1.44 bits per heavy atom. The minimum Gasteiger partial charge on any atom is -0.464 e. The molecule has 4 nitrogen and oxygen atoms in total. The van der Waals surface area contributed by atoms with Gasteiger partial charge in [-0.05, 0) is 45.7 Å². The predicted octanol–water partition coefficient (Wildman–Crippen LogP) is 1.34. The van der Waals surface area contributed by atoms with Gasteiger partial charge in [0.15, 0.2) is 6.10 Å². The third-order valence-corrected chi connectivity index (χ3v) is 2.96. The zero-order valence-electron chi connectivity index (χ0n) is 10.5. The van der Waals surface area contributed by atoms with E-state index in [-0.39, 0.29) is 18.2 Å². The van der Waals surface area contributed by atoms with E-state index in [0.717, 1.165) is 19.4 Å². The van der Waals surface area contributed by atoms with Crippen LogP contribution in [0.15, 0.2) is 0 Å². The first kappa shape index (κ1) is 13.5. The molecule has 94 valence electrons. The third kappa shape index (κ3) is 3.76. The predicted molar refractivity (Wildman–Crippen MR) is 62.2 cm³/mol. The first-order valence-corrected chi connectivity index (χ1v) is 6.17. The van der Waals surface area contributed by atoms with Crippen molar-refractivity contribution in [3.05, 3.63) is 0 Å². The van der Waals surface area contributed by atoms with Gasteiger partial charge in [-0.1, -0.05) is 6.92 Å². The molecular weight excluding hydrogens is 206 g/mol. The lowest BCUT2D eigenvalue weighted by Crippen LogP contribution is -2.41. The molecule has 4 heteroatoms. The summed E-state index contributed by atoms with van der Waals surface area (Å²) in [6.45, 7) is 5.23. The van der Waals surface area contributed by atoms with Crippen molar-refractivity contribution in [3.63, 3.8) is 0 Å². The maximum atomic E-state index is 11.5. The van der Waals surface area contributed by atoms with Crippen LogP contribution in [0.3, 0.4) is 0 Å². The Morgan fingerprint density at radius 3 is 2.62 bits per heavy atom. The topological polar surface area (TPSA) is 47.6 Å². The fourth-order valence-corrected chi connectivity index (χ4v) is 2.03. The molecule has 0 radical (unpaired) electrons. The van der Waals surface area contributed by atoms with Crippen LogP contribution in [0.1, 0.15) is 33.1 Å². The van der Waals surface area contributed by atoms with Gasteiger partial charge in [-0.3, -0.25) is 0 Å². The van der Waals surface area contributed by atoms with E-state index in [4.69, 9.17) is 9.47 Å². The molecule has 1 saturated carbocycles. The number of hydrogen-bond acceptors (Lipinski definition) is 4. The van der Waals surface area contributed by atoms with Gasteiger partial charge in [0.2, 0.25) is 0 Å². The number of carbonyl (C=O) groups excluding carboxylic acids is 1. The van der Waals surface area contributed by atoms with Gasteiger partial charge in [-0.25, -0.2) is 4.79 Å². The van der Waals surface area contributed by atoms with Gasteiger partial charge in [0.1, 0.15) is 0 Å². The van der Waals surface area contributed by atoms with Gasteiger partial charge in [0.05, 0.1) is 12.7 Å². The number of ether oxygens (including phenoxy) is 2. The Balaban J connectivity index is 2.22. The molecule has 0 saturated heterocycles. The summed E-state index contributed by atoms with van der Waals surface area (Å²) in [6.07, 6.45) is 2.66. The largest absolute Gasteiger partial charge is 0.464 e. The van der Waals surface area contributed by atoms with Gasteiger partial charge >= 0.3 is 5.97 Å². The summed E-state index contributed by atoms with van der Waals surface area (Å²) in [4.78, 5) is 11.5. The number of hydrogen-bond donors (Lipinski definition) is 1. The average molecular weight is 229 g/mol. The molecule has 0 aromatic rings. The highest BCUT2D eigenvalue weighted by Gasteiger charge is 2.33. The lowest BCUT2D eigenvalue weighted by molar-refractivity contribution is -0.166. The fraction of sp³-hybridized carbons (Fsp3) is 0.917. The smallest absolute Gasteiger partial charge is 0.335 e. The van der Waals surface area contributed by atoms with Crippen molar-refractivity contribution in [2.75, 3.05) is 20.2 Å². The van der Waals surface area contributed by atoms with E-state index in [0.29, 0.717) is 18.9 Å². The maximum Gasteiger partial charge on any atom is 0.335 e. The molecule has 1 N–H and O–H groups in total. The van der Waals surface area contributed by atoms with E-state index >= 15 is 0 Å². The molecule has 0 aromatic carbocycles. The highest BCUT2D eigenvalue weighted by Crippen LogP contribution is 2.30. The van der Waals surface area contributed by atoms with Crippen LogP contribution in [0, 0.1) is 5.92 Å². The first-order valence-electron chi connectivity index (χ1n) is 6.17. The maximum absolute atomic E-state index is 11.5. The molecule has 1 rings (SSSR count). The van der Waals surface area contributed by atoms with Crippen LogP contribution in [0.5, 0.6) is 0 Å². The molecule has 0 aliphatic heterocycles. The molecule has 0 spiro atoms. The van der Waals surface area contributed by atoms with E-state index in [2.05, 4.69) is 5.32 Å². The van der Waals surface area contributed by atoms with Crippen molar-refractivity contribution in [2.24, 2.45) is 5.92 Å². The van der Waals surface area contributed by atoms with Crippen LogP contribution in [0.25, 0.3) is 0 Å². The Bertz CT molecular complexity index is 214. The van der Waals surface area contributed by atoms with E-state index in [1.54, 1.807) is 0 Å². The molecule has 0 heterocycles. The second-order valence-corrected chi connectivity index (χ2v) is 4.30. The highest BCUT2D eigenvalue weighted by atomic mass is 16.6. The van der Waals surface area contributed by atoms with Crippen molar-refractivity contribution in [3.8, 4) is 0 Å². The van der Waals surface area contributed by atoms with Gasteiger partial charge in [-0.15, -0.1) is 0 Å². The Morgan fingerprint density at radius 2 is 2.12 bits per heavy atom. The van der Waals surface area contributed by atoms with Crippen molar-refractivity contribution in [2.45, 2.75) is 45.3 Å². The minimum atomic E-state index is -0.375. The van der Waals surface area contributed by atoms with Gasteiger partial charge in [0.25, 0.3) is 0 Å². The molecule has 1 unspecified atom stereocenters. The summed E-state index contributed by atoms with van der Waals surface area (Å²) in [5.74, 6) is 0.483. The zero-order chi connectivity index (χ0) is 12.0. The minimum absolute atomic E-state index is 0.220. The third-order valence-electron chi connectivity index (χ3n) is 2.96. The number of nitrogens with one attached hydrogen (secondary N) is 1. The van der Waals surface area contributed by atoms with Crippen molar-refractivity contribution in [1.82, 2.24) is 5.32 Å². The molecule has 1 aliphatic rings. The monoisotopic (exact) mass is 229 g/mol. The van der Waals surface area contributed by atoms with Crippen LogP contribution >= 0.6 is 0 Å². The zero-order valence-corrected chi connectivity index (χ0v) is 10.5. The molecule has 16 heavy (non-hydrogen) atoms. The number of carbonyl (C=O) groups is 1. The second-order valence-electron chi connectivity index (χ2n) is 4.30. The fourth-order valence-electron chi connectivity index (χ4n) is 2.03. The summed E-state index contributed by atoms with van der Waals surface area (Å²) in [7, 11) is 1.96. The number of esters is 1. The van der Waals surface area contributed by atoms with E-state index in [1.807, 2.05) is 20.9 Å². The lowest BCUT2D eigenvalue weighted by Gasteiger charge is -2.36. The molecule has 1 fully saturated rings. The second kappa shape index (κ2) is 6.86. The summed E-state index contributed by atoms with van der Waals surface area (Å²) >= 11 is 0. The van der Waals surface area contributed by atoms with E-state index < -0.39 is 0 Å². The Hall–Kier alpha value is -0.610. The van der Waals surface area contributed by atoms with Crippen molar-refractivity contribution < 1.29 is 14.3 Å². The normalized spacial score (nSPS) is 25.9. The SMILES string of the molecule is CCOC(=O)C(CC)OC1CC(CNC)C1. The Kier molecular flexibility index (Phi) is 5.77. The molecular formula is C12H23NO3. The van der Waals surface area contributed by atoms with Crippen molar-refractivity contribution >= 4 is 5.97 Å². The van der Waals surface area contributed by atoms with Gasteiger partial charge in [-0.2, -0.15) is 0 Å². The summed E-state index contributed by atoms with van der Waals surface area (Å²) in [5.41, 5.74) is 0. The van der Waals surface area contributed by atoms with Gasteiger partial charge in [0, 0.05) is 0 Å². The first-order chi connectivity index (χ1) is 7.71. The molecule has 0 aromatic heterocycles. The van der Waals surface area contributed by atoms with Crippen molar-refractivity contribution in [1.29, 1.82) is 0 Å². The summed E-state index contributed by atoms with van der Waals surface area (Å²) in [6, 6.07) is 0. The quantitative estimate of drug-likeness (QED) is 0.669. The van der Waals surface area contributed by atoms with Crippen LogP contribution in [-0.4, -0.2) is 38.4 Å². The average Bonchev–Trinajstić information content (AvgIpc) is 2.21. The summed E-state index contributed by atoms with van der Waals surface area (Å²) < 4.78 is 10.7. The van der Waals surface area contributed by atoms with E-state index in [9.17, 15) is 4.79 Å². The lowest BCUT2D eigenvalue weighted by atomic mass is 9.82. The van der Waals surface area contributed by atoms with E-state index in [1.165, 1.54) is 0 Å². The van der Waals surface area contributed by atoms with Crippen LogP contribution in [-0.2, 0) is 14.3 Å². The molecule has 0 bridgehead atoms.